The van der Waals surface area contributed by atoms with Gasteiger partial charge in [0, 0.05) is 17.7 Å². The number of nitrogens with zero attached hydrogens (tertiary/aromatic N) is 3. The number of para-hydroxylation sites is 1. The molecule has 338 valence electrons. The maximum absolute atomic E-state index is 16.4. The molecule has 1 spiro atoms. The average Bonchev–Trinajstić information content (AvgIpc) is 3.81. The lowest BCUT2D eigenvalue weighted by Gasteiger charge is -2.46. The molecule has 0 aliphatic carbocycles. The van der Waals surface area contributed by atoms with Gasteiger partial charge in [-0.2, -0.15) is 0 Å². The topological polar surface area (TPSA) is 155 Å². The van der Waals surface area contributed by atoms with Crippen LogP contribution in [0.15, 0.2) is 164 Å². The van der Waals surface area contributed by atoms with Crippen molar-refractivity contribution in [2.45, 2.75) is 49.2 Å². The van der Waals surface area contributed by atoms with E-state index in [-0.39, 0.29) is 18.9 Å². The summed E-state index contributed by atoms with van der Waals surface area (Å²) in [6, 6.07) is 45.8. The molecule has 2 saturated heterocycles. The number of ether oxygens (including phenoxy) is 2. The number of hydrogen-bond acceptors (Lipinski definition) is 9. The molecular formula is C55H51N5O7. The number of amides is 4. The molecule has 4 N–H and O–H groups in total. The first-order valence-electron chi connectivity index (χ1n) is 22.4. The molecule has 3 aliphatic rings. The summed E-state index contributed by atoms with van der Waals surface area (Å²) < 4.78 is 12.7. The van der Waals surface area contributed by atoms with E-state index in [1.54, 1.807) is 42.5 Å². The van der Waals surface area contributed by atoms with Crippen molar-refractivity contribution in [1.29, 1.82) is 0 Å². The fourth-order valence-corrected chi connectivity index (χ4v) is 10.3. The molecule has 3 aliphatic heterocycles. The quantitative estimate of drug-likeness (QED) is 0.0858. The van der Waals surface area contributed by atoms with Crippen LogP contribution in [0.5, 0.6) is 5.75 Å². The normalized spacial score (nSPS) is 22.3. The monoisotopic (exact) mass is 893 g/mol. The van der Waals surface area contributed by atoms with Crippen molar-refractivity contribution in [2.24, 2.45) is 11.7 Å². The maximum Gasteiger partial charge on any atom is 0.329 e. The molecular weight excluding hydrogens is 843 g/mol. The predicted molar refractivity (Wildman–Crippen MR) is 253 cm³/mol. The number of nitrogens with one attached hydrogen (secondary N) is 1. The third-order valence-electron chi connectivity index (χ3n) is 13.0. The van der Waals surface area contributed by atoms with Gasteiger partial charge in [-0.3, -0.25) is 24.2 Å². The Bertz CT molecular complexity index is 2840. The van der Waals surface area contributed by atoms with Crippen molar-refractivity contribution in [2.75, 3.05) is 31.7 Å². The minimum atomic E-state index is -2.06. The molecule has 6 aromatic carbocycles. The van der Waals surface area contributed by atoms with E-state index in [4.69, 9.17) is 15.2 Å². The summed E-state index contributed by atoms with van der Waals surface area (Å²) in [5, 5.41) is 13.1. The number of nitrogens with two attached hydrogens (primary N) is 1. The van der Waals surface area contributed by atoms with E-state index in [9.17, 15) is 14.7 Å². The third-order valence-corrected chi connectivity index (χ3v) is 13.0. The van der Waals surface area contributed by atoms with Crippen LogP contribution >= 0.6 is 0 Å². The highest BCUT2D eigenvalue weighted by Crippen LogP contribution is 2.66. The standard InChI is InChI=1S/C55H51N5O7/c1-36(39-21-9-4-10-22-39)57-54(65)59-44-30-29-37(20-17-31-58(2)35-38-18-7-3-8-19-38)34-43(44)55(53(59)64)46(51(56)62)48-52(63)67-49(41-25-13-6-14-26-41)47(40-23-11-5-12-24-40)60(48)50(55)42-27-15-16-28-45(42)66-33-32-61/h3-16,18-19,21-30,34,36,46-50,61H,31-33,35H2,1-2H3,(H2,56,62)(H,57,65). The number of carbonyl (C=O) groups excluding carboxylic acids is 4. The number of esters is 1. The SMILES string of the molecule is CC(NC(=O)N1C(=O)C2(c3cc(C#CCN(C)Cc4ccccc4)ccc31)C(C(N)=O)C1C(=O)OC(c3ccccc3)C(c3ccccc3)N1C2c1ccccc1OCCO)c1ccccc1. The van der Waals surface area contributed by atoms with Gasteiger partial charge in [-0.25, -0.2) is 9.69 Å². The summed E-state index contributed by atoms with van der Waals surface area (Å²) in [7, 11) is 1.98. The molecule has 7 unspecified atom stereocenters. The van der Waals surface area contributed by atoms with Gasteiger partial charge in [0.2, 0.25) is 11.8 Å². The number of fused-ring (bicyclic) bond motifs is 3. The number of anilines is 1. The van der Waals surface area contributed by atoms with Crippen molar-refractivity contribution >= 4 is 29.5 Å². The number of imide groups is 1. The van der Waals surface area contributed by atoms with Crippen LogP contribution in [-0.4, -0.2) is 71.6 Å². The van der Waals surface area contributed by atoms with E-state index in [2.05, 4.69) is 34.2 Å². The van der Waals surface area contributed by atoms with E-state index in [1.807, 2.05) is 128 Å². The number of urea groups is 1. The minimum absolute atomic E-state index is 0.0922. The van der Waals surface area contributed by atoms with Gasteiger partial charge in [0.05, 0.1) is 42.9 Å². The number of hydrogen-bond donors (Lipinski definition) is 3. The minimum Gasteiger partial charge on any atom is -0.491 e. The highest BCUT2D eigenvalue weighted by molar-refractivity contribution is 6.24. The van der Waals surface area contributed by atoms with Gasteiger partial charge in [0.15, 0.2) is 0 Å². The van der Waals surface area contributed by atoms with Gasteiger partial charge >= 0.3 is 12.0 Å². The largest absolute Gasteiger partial charge is 0.491 e. The van der Waals surface area contributed by atoms with Crippen molar-refractivity contribution < 1.29 is 33.8 Å². The molecule has 6 aromatic rings. The molecule has 12 nitrogen and oxygen atoms in total. The van der Waals surface area contributed by atoms with E-state index < -0.39 is 65.4 Å². The third kappa shape index (κ3) is 8.23. The zero-order valence-corrected chi connectivity index (χ0v) is 37.2. The molecule has 0 aromatic heterocycles. The van der Waals surface area contributed by atoms with Gasteiger partial charge in [0.1, 0.15) is 29.9 Å². The Morgan fingerprint density at radius 2 is 1.46 bits per heavy atom. The zero-order chi connectivity index (χ0) is 46.7. The molecule has 7 atom stereocenters. The van der Waals surface area contributed by atoms with Crippen molar-refractivity contribution in [3.05, 3.63) is 203 Å². The molecule has 12 heteroatoms. The summed E-state index contributed by atoms with van der Waals surface area (Å²) in [6.45, 7) is 2.49. The second-order valence-electron chi connectivity index (χ2n) is 17.2. The number of cyclic esters (lactones) is 1. The fraction of sp³-hybridized carbons (Fsp3) is 0.236. The van der Waals surface area contributed by atoms with Crippen LogP contribution in [0, 0.1) is 17.8 Å². The molecule has 0 saturated carbocycles. The van der Waals surface area contributed by atoms with Crippen LogP contribution in [0.1, 0.15) is 70.1 Å². The molecule has 67 heavy (non-hydrogen) atoms. The van der Waals surface area contributed by atoms with E-state index >= 15 is 9.59 Å². The molecule has 9 rings (SSSR count). The Morgan fingerprint density at radius 1 is 0.836 bits per heavy atom. The molecule has 3 heterocycles. The van der Waals surface area contributed by atoms with E-state index in [0.717, 1.165) is 21.6 Å². The number of primary amides is 1. The Morgan fingerprint density at radius 3 is 2.13 bits per heavy atom. The summed E-state index contributed by atoms with van der Waals surface area (Å²) in [6.07, 6.45) is -0.920. The predicted octanol–water partition coefficient (Wildman–Crippen LogP) is 7.16. The average molecular weight is 894 g/mol. The Labute approximate surface area is 389 Å². The molecule has 0 bridgehead atoms. The number of morpholine rings is 1. The van der Waals surface area contributed by atoms with Gasteiger partial charge in [-0.1, -0.05) is 151 Å². The summed E-state index contributed by atoms with van der Waals surface area (Å²) in [5.41, 5.74) is 9.34. The van der Waals surface area contributed by atoms with Crippen LogP contribution in [0.3, 0.4) is 0 Å². The molecule has 2 fully saturated rings. The molecule has 0 radical (unpaired) electrons. The number of carbonyl (C=O) groups is 4. The van der Waals surface area contributed by atoms with E-state index in [0.29, 0.717) is 41.1 Å². The lowest BCUT2D eigenvalue weighted by atomic mass is 9.65. The van der Waals surface area contributed by atoms with Crippen molar-refractivity contribution in [3.8, 4) is 17.6 Å². The van der Waals surface area contributed by atoms with Crippen LogP contribution < -0.4 is 20.7 Å². The van der Waals surface area contributed by atoms with Crippen LogP contribution in [-0.2, 0) is 31.1 Å². The Kier molecular flexibility index (Phi) is 12.7. The van der Waals surface area contributed by atoms with Gasteiger partial charge in [0.25, 0.3) is 0 Å². The number of aliphatic hydroxyl groups excluding tert-OH is 1. The summed E-state index contributed by atoms with van der Waals surface area (Å²) in [5.74, 6) is 2.83. The highest BCUT2D eigenvalue weighted by atomic mass is 16.6. The molecule has 4 amide bonds. The number of aliphatic hydroxyl groups is 1. The van der Waals surface area contributed by atoms with Gasteiger partial charge < -0.3 is 25.6 Å². The number of benzene rings is 6. The first kappa shape index (κ1) is 44.6. The van der Waals surface area contributed by atoms with Crippen molar-refractivity contribution in [1.82, 2.24) is 15.1 Å². The maximum atomic E-state index is 16.4. The van der Waals surface area contributed by atoms with Gasteiger partial charge in [-0.15, -0.1) is 0 Å². The van der Waals surface area contributed by atoms with Gasteiger partial charge in [-0.05, 0) is 66.1 Å². The Balaban J connectivity index is 1.28. The van der Waals surface area contributed by atoms with Crippen molar-refractivity contribution in [3.63, 3.8) is 0 Å². The summed E-state index contributed by atoms with van der Waals surface area (Å²) in [4.78, 5) is 66.1. The Hall–Kier alpha value is -7.56. The first-order valence-corrected chi connectivity index (χ1v) is 22.4. The summed E-state index contributed by atoms with van der Waals surface area (Å²) >= 11 is 0. The van der Waals surface area contributed by atoms with Crippen LogP contribution in [0.25, 0.3) is 0 Å². The fourth-order valence-electron chi connectivity index (χ4n) is 10.3. The highest BCUT2D eigenvalue weighted by Gasteiger charge is 2.75. The van der Waals surface area contributed by atoms with E-state index in [1.165, 1.54) is 0 Å². The zero-order valence-electron chi connectivity index (χ0n) is 37.2. The smallest absolute Gasteiger partial charge is 0.329 e. The van der Waals surface area contributed by atoms with Crippen LogP contribution in [0.2, 0.25) is 0 Å². The second kappa shape index (κ2) is 19.1. The lowest BCUT2D eigenvalue weighted by Crippen LogP contribution is -2.55. The first-order chi connectivity index (χ1) is 32.6. The second-order valence-corrected chi connectivity index (χ2v) is 17.2. The number of rotatable bonds is 12. The van der Waals surface area contributed by atoms with Crippen LogP contribution in [0.4, 0.5) is 10.5 Å². The lowest BCUT2D eigenvalue weighted by molar-refractivity contribution is -0.178.